The summed E-state index contributed by atoms with van der Waals surface area (Å²) >= 11 is 0. The molecule has 3 amide bonds. The van der Waals surface area contributed by atoms with Crippen molar-refractivity contribution in [2.45, 2.75) is 0 Å². The van der Waals surface area contributed by atoms with Crippen molar-refractivity contribution in [2.75, 3.05) is 24.6 Å². The molecule has 0 radical (unpaired) electrons. The predicted molar refractivity (Wildman–Crippen MR) is 113 cm³/mol. The Bertz CT molecular complexity index is 1020. The van der Waals surface area contributed by atoms with Gasteiger partial charge in [-0.05, 0) is 24.3 Å². The van der Waals surface area contributed by atoms with Gasteiger partial charge in [0.2, 0.25) is 0 Å². The summed E-state index contributed by atoms with van der Waals surface area (Å²) in [5, 5.41) is 14.6. The number of rotatable bonds is 10. The Hall–Kier alpha value is -4.68. The number of hydrogen-bond acceptors (Lipinski definition) is 10. The minimum absolute atomic E-state index is 0.135. The van der Waals surface area contributed by atoms with E-state index in [0.29, 0.717) is 5.82 Å². The molecule has 160 valence electrons. The van der Waals surface area contributed by atoms with E-state index in [4.69, 9.17) is 1.37 Å². The van der Waals surface area contributed by atoms with E-state index in [2.05, 4.69) is 47.0 Å². The number of pyridine rings is 2. The van der Waals surface area contributed by atoms with Crippen LogP contribution in [0.15, 0.2) is 46.9 Å². The summed E-state index contributed by atoms with van der Waals surface area (Å²) in [7, 11) is 1.47. The lowest BCUT2D eigenvalue weighted by atomic mass is 10.2. The van der Waals surface area contributed by atoms with E-state index in [0.717, 1.165) is 12.4 Å². The highest BCUT2D eigenvalue weighted by Gasteiger charge is 2.08. The highest BCUT2D eigenvalue weighted by atomic mass is 16.2. The number of anilines is 2. The molecule has 0 saturated carbocycles. The second kappa shape index (κ2) is 12.0. The van der Waals surface area contributed by atoms with Crippen LogP contribution in [0.4, 0.5) is 11.6 Å². The Morgan fingerprint density at radius 1 is 0.968 bits per heavy atom. The second-order valence-corrected chi connectivity index (χ2v) is 5.52. The zero-order valence-corrected chi connectivity index (χ0v) is 16.2. The van der Waals surface area contributed by atoms with Gasteiger partial charge in [-0.3, -0.25) is 30.0 Å². The predicted octanol–water partition coefficient (Wildman–Crippen LogP) is -0.666. The standard InChI is InChI=1S/C18H19N9O4/c1-19-16(29)10-25-27-15-5-3-13(9-21-15)18(31)23-11-22-17(30)12-2-4-14(20-8-12)26-24-6-7-28/h2-10H,11H2,1H3,(H,19,29)(H,20,26)(H,21,27)(H,22,30)(H,23,31)/b24-6+,25-10+/i7T. The average molecular weight is 427 g/mol. The lowest BCUT2D eigenvalue weighted by Crippen LogP contribution is -2.37. The van der Waals surface area contributed by atoms with Crippen LogP contribution in [0.3, 0.4) is 0 Å². The van der Waals surface area contributed by atoms with Gasteiger partial charge >= 0.3 is 0 Å². The molecule has 13 heteroatoms. The van der Waals surface area contributed by atoms with Crippen LogP contribution in [0, 0.1) is 0 Å². The molecule has 0 fully saturated rings. The molecule has 13 nitrogen and oxygen atoms in total. The number of aldehydes is 1. The molecular weight excluding hydrogens is 406 g/mol. The quantitative estimate of drug-likeness (QED) is 0.143. The van der Waals surface area contributed by atoms with Gasteiger partial charge in [0.1, 0.15) is 19.2 Å². The third kappa shape index (κ3) is 7.69. The van der Waals surface area contributed by atoms with Crippen molar-refractivity contribution in [1.29, 1.82) is 0 Å². The highest BCUT2D eigenvalue weighted by Crippen LogP contribution is 2.06. The van der Waals surface area contributed by atoms with Crippen molar-refractivity contribution >= 4 is 48.0 Å². The normalized spacial score (nSPS) is 10.9. The maximum absolute atomic E-state index is 12.1. The number of nitrogens with one attached hydrogen (secondary N) is 5. The SMILES string of the molecule is [3H]C(=O)/C=N/Nc1ccc(C(=O)NCNC(=O)c2ccc(N/N=C/C(=O)NC)nc2)cn1. The molecule has 2 rings (SSSR count). The average Bonchev–Trinajstić information content (AvgIpc) is 2.79. The summed E-state index contributed by atoms with van der Waals surface area (Å²) < 4.78 is 6.68. The van der Waals surface area contributed by atoms with Crippen molar-refractivity contribution in [3.05, 3.63) is 47.8 Å². The van der Waals surface area contributed by atoms with Gasteiger partial charge in [-0.1, -0.05) is 0 Å². The first-order chi connectivity index (χ1) is 15.4. The smallest absolute Gasteiger partial charge is 0.263 e. The van der Waals surface area contributed by atoms with Gasteiger partial charge in [-0.25, -0.2) is 9.97 Å². The maximum atomic E-state index is 12.1. The highest BCUT2D eigenvalue weighted by molar-refractivity contribution is 6.26. The first kappa shape index (κ1) is 21.0. The zero-order valence-electron chi connectivity index (χ0n) is 17.2. The van der Waals surface area contributed by atoms with Gasteiger partial charge in [0.25, 0.3) is 17.7 Å². The summed E-state index contributed by atoms with van der Waals surface area (Å²) in [6.07, 6.45) is 3.43. The third-order valence-corrected chi connectivity index (χ3v) is 3.45. The molecular formula is C18H19N9O4. The molecule has 2 heterocycles. The minimum Gasteiger partial charge on any atom is -0.354 e. The third-order valence-electron chi connectivity index (χ3n) is 3.45. The minimum atomic E-state index is -0.967. The van der Waals surface area contributed by atoms with Crippen LogP contribution in [0.2, 0.25) is 0 Å². The van der Waals surface area contributed by atoms with Gasteiger partial charge < -0.3 is 16.0 Å². The molecule has 0 unspecified atom stereocenters. The first-order valence-corrected chi connectivity index (χ1v) is 8.68. The molecule has 0 aromatic carbocycles. The van der Waals surface area contributed by atoms with Gasteiger partial charge in [0.05, 0.1) is 24.0 Å². The molecule has 5 N–H and O–H groups in total. The fourth-order valence-corrected chi connectivity index (χ4v) is 1.94. The van der Waals surface area contributed by atoms with Crippen molar-refractivity contribution in [2.24, 2.45) is 10.2 Å². The van der Waals surface area contributed by atoms with E-state index in [9.17, 15) is 19.2 Å². The molecule has 2 aromatic rings. The van der Waals surface area contributed by atoms with E-state index in [1.165, 1.54) is 43.7 Å². The van der Waals surface area contributed by atoms with Crippen LogP contribution in [0.1, 0.15) is 22.1 Å². The zero-order chi connectivity index (χ0) is 23.3. The number of nitrogens with zero attached hydrogens (tertiary/aromatic N) is 4. The molecule has 0 aliphatic heterocycles. The van der Waals surface area contributed by atoms with Gasteiger partial charge in [0, 0.05) is 19.4 Å². The summed E-state index contributed by atoms with van der Waals surface area (Å²) in [5.41, 5.74) is 5.46. The van der Waals surface area contributed by atoms with E-state index >= 15 is 0 Å². The van der Waals surface area contributed by atoms with Gasteiger partial charge in [-0.15, -0.1) is 0 Å². The Labute approximate surface area is 177 Å². The van der Waals surface area contributed by atoms with Crippen LogP contribution in [0.5, 0.6) is 0 Å². The fourth-order valence-electron chi connectivity index (χ4n) is 1.94. The Morgan fingerprint density at radius 3 is 1.97 bits per heavy atom. The van der Waals surface area contributed by atoms with Crippen molar-refractivity contribution < 1.29 is 20.5 Å². The van der Waals surface area contributed by atoms with E-state index in [1.807, 2.05) is 0 Å². The number of hydrazone groups is 2. The number of hydrogen-bond donors (Lipinski definition) is 5. The van der Waals surface area contributed by atoms with Crippen molar-refractivity contribution in [1.82, 2.24) is 25.9 Å². The lowest BCUT2D eigenvalue weighted by Gasteiger charge is -2.08. The van der Waals surface area contributed by atoms with Gasteiger partial charge in [0.15, 0.2) is 6.26 Å². The second-order valence-electron chi connectivity index (χ2n) is 5.52. The fraction of sp³-hybridized carbons (Fsp3) is 0.111. The molecule has 0 aliphatic carbocycles. The number of carbonyl (C=O) groups is 4. The van der Waals surface area contributed by atoms with Gasteiger partial charge in [-0.2, -0.15) is 10.2 Å². The Balaban J connectivity index is 1.78. The summed E-state index contributed by atoms with van der Waals surface area (Å²) in [4.78, 5) is 53.7. The molecule has 0 spiro atoms. The van der Waals surface area contributed by atoms with E-state index in [1.54, 1.807) is 0 Å². The summed E-state index contributed by atoms with van der Waals surface area (Å²) in [5.74, 6) is -0.709. The Morgan fingerprint density at radius 2 is 1.52 bits per heavy atom. The Kier molecular flexibility index (Phi) is 8.15. The molecule has 0 bridgehead atoms. The molecule has 0 saturated heterocycles. The molecule has 0 atom stereocenters. The van der Waals surface area contributed by atoms with Crippen LogP contribution in [-0.2, 0) is 9.59 Å². The first-order valence-electron chi connectivity index (χ1n) is 9.18. The molecule has 31 heavy (non-hydrogen) atoms. The monoisotopic (exact) mass is 427 g/mol. The van der Waals surface area contributed by atoms with E-state index < -0.39 is 18.1 Å². The van der Waals surface area contributed by atoms with Crippen LogP contribution >= 0.6 is 0 Å². The van der Waals surface area contributed by atoms with Crippen molar-refractivity contribution in [3.63, 3.8) is 0 Å². The largest absolute Gasteiger partial charge is 0.354 e. The number of aromatic nitrogens is 2. The number of amides is 3. The van der Waals surface area contributed by atoms with E-state index in [-0.39, 0.29) is 29.5 Å². The lowest BCUT2D eigenvalue weighted by molar-refractivity contribution is -0.114. The van der Waals surface area contributed by atoms with Crippen molar-refractivity contribution in [3.8, 4) is 0 Å². The molecule has 2 aromatic heterocycles. The van der Waals surface area contributed by atoms with Crippen LogP contribution < -0.4 is 26.8 Å². The molecule has 0 aliphatic rings. The van der Waals surface area contributed by atoms with Crippen LogP contribution in [-0.4, -0.2) is 60.1 Å². The number of carbonyl (C=O) groups excluding carboxylic acids is 4. The topological polar surface area (TPSA) is 179 Å². The summed E-state index contributed by atoms with van der Waals surface area (Å²) in [6.45, 7) is -0.135. The summed E-state index contributed by atoms with van der Waals surface area (Å²) in [6, 6.07) is 5.92. The van der Waals surface area contributed by atoms with Crippen LogP contribution in [0.25, 0.3) is 0 Å². The maximum Gasteiger partial charge on any atom is 0.263 e.